The van der Waals surface area contributed by atoms with E-state index in [2.05, 4.69) is 6.58 Å². The summed E-state index contributed by atoms with van der Waals surface area (Å²) in [4.78, 5) is 14.1. The molecule has 0 unspecified atom stereocenters. The van der Waals surface area contributed by atoms with Gasteiger partial charge in [-0.05, 0) is 42.0 Å². The van der Waals surface area contributed by atoms with Gasteiger partial charge in [0.1, 0.15) is 12.0 Å². The number of halogens is 3. The van der Waals surface area contributed by atoms with Crippen molar-refractivity contribution in [1.82, 2.24) is 0 Å². The zero-order valence-electron chi connectivity index (χ0n) is 13.0. The van der Waals surface area contributed by atoms with Crippen LogP contribution in [0.3, 0.4) is 0 Å². The van der Waals surface area contributed by atoms with E-state index in [1.54, 1.807) is 35.2 Å². The molecule has 1 saturated heterocycles. The molecule has 0 aliphatic carbocycles. The van der Waals surface area contributed by atoms with Gasteiger partial charge in [-0.15, -0.1) is 11.8 Å². The Morgan fingerprint density at radius 1 is 1.20 bits per heavy atom. The average Bonchev–Trinajstić information content (AvgIpc) is 2.96. The predicted octanol–water partition coefficient (Wildman–Crippen LogP) is 5.99. The van der Waals surface area contributed by atoms with Crippen molar-refractivity contribution < 1.29 is 9.53 Å². The number of carbonyl (C=O) groups excluding carboxylic acids is 1. The van der Waals surface area contributed by atoms with Gasteiger partial charge in [0.2, 0.25) is 5.91 Å². The lowest BCUT2D eigenvalue weighted by atomic mass is 10.1. The second-order valence-electron chi connectivity index (χ2n) is 5.32. The quantitative estimate of drug-likeness (QED) is 0.563. The maximum Gasteiger partial charge on any atom is 0.238 e. The van der Waals surface area contributed by atoms with Crippen LogP contribution >= 0.6 is 46.6 Å². The van der Waals surface area contributed by atoms with Crippen molar-refractivity contribution >= 4 is 58.2 Å². The van der Waals surface area contributed by atoms with Gasteiger partial charge < -0.3 is 4.74 Å². The van der Waals surface area contributed by atoms with Crippen LogP contribution in [-0.4, -0.2) is 18.3 Å². The van der Waals surface area contributed by atoms with Gasteiger partial charge in [0, 0.05) is 10.7 Å². The third kappa shape index (κ3) is 3.93. The number of carbonyl (C=O) groups is 1. The molecule has 1 amide bonds. The minimum atomic E-state index is -0.211. The fourth-order valence-electron chi connectivity index (χ4n) is 2.55. The summed E-state index contributed by atoms with van der Waals surface area (Å²) >= 11 is 20.1. The zero-order valence-corrected chi connectivity index (χ0v) is 16.1. The molecular formula is C18H14Cl3NO2S. The van der Waals surface area contributed by atoms with E-state index in [-0.39, 0.29) is 11.3 Å². The maximum absolute atomic E-state index is 12.4. The molecule has 2 aromatic carbocycles. The van der Waals surface area contributed by atoms with Gasteiger partial charge in [0.15, 0.2) is 5.75 Å². The highest BCUT2D eigenvalue weighted by Crippen LogP contribution is 2.45. The number of anilines is 1. The van der Waals surface area contributed by atoms with Crippen LogP contribution in [0.25, 0.3) is 0 Å². The summed E-state index contributed by atoms with van der Waals surface area (Å²) in [7, 11) is 0. The van der Waals surface area contributed by atoms with Gasteiger partial charge in [0.25, 0.3) is 0 Å². The second kappa shape index (κ2) is 7.92. The average molecular weight is 415 g/mol. The first-order chi connectivity index (χ1) is 12.0. The molecular weight excluding hydrogens is 401 g/mol. The van der Waals surface area contributed by atoms with Gasteiger partial charge in [-0.2, -0.15) is 0 Å². The molecule has 3 nitrogen and oxygen atoms in total. The van der Waals surface area contributed by atoms with E-state index in [1.807, 2.05) is 12.1 Å². The molecule has 1 aliphatic heterocycles. The van der Waals surface area contributed by atoms with E-state index in [4.69, 9.17) is 39.5 Å². The highest BCUT2D eigenvalue weighted by molar-refractivity contribution is 8.00. The standard InChI is InChI=1S/C18H14Cl3NO2S/c1-2-7-24-17-14(20)8-11(9-15(17)21)18-22(16(23)10-25-18)13-5-3-12(19)4-6-13/h2-6,8-9,18H,1,7,10H2/t18-/m1/s1. The molecule has 0 N–H and O–H groups in total. The van der Waals surface area contributed by atoms with E-state index in [9.17, 15) is 4.79 Å². The van der Waals surface area contributed by atoms with Crippen molar-refractivity contribution in [1.29, 1.82) is 0 Å². The van der Waals surface area contributed by atoms with Crippen molar-refractivity contribution in [2.24, 2.45) is 0 Å². The maximum atomic E-state index is 12.4. The van der Waals surface area contributed by atoms with Crippen LogP contribution < -0.4 is 9.64 Å². The van der Waals surface area contributed by atoms with Crippen molar-refractivity contribution in [2.45, 2.75) is 5.37 Å². The van der Waals surface area contributed by atoms with Crippen LogP contribution in [0.1, 0.15) is 10.9 Å². The summed E-state index contributed by atoms with van der Waals surface area (Å²) in [5.74, 6) is 0.827. The van der Waals surface area contributed by atoms with Crippen LogP contribution in [0.2, 0.25) is 15.1 Å². The predicted molar refractivity (Wildman–Crippen MR) is 106 cm³/mol. The molecule has 1 aliphatic rings. The normalized spacial score (nSPS) is 17.0. The fraction of sp³-hybridized carbons (Fsp3) is 0.167. The Kier molecular flexibility index (Phi) is 5.85. The third-order valence-electron chi connectivity index (χ3n) is 3.62. The first kappa shape index (κ1) is 18.5. The number of benzene rings is 2. The molecule has 0 radical (unpaired) electrons. The summed E-state index contributed by atoms with van der Waals surface area (Å²) in [5.41, 5.74) is 1.62. The topological polar surface area (TPSA) is 29.5 Å². The number of thioether (sulfide) groups is 1. The largest absolute Gasteiger partial charge is 0.486 e. The summed E-state index contributed by atoms with van der Waals surface area (Å²) < 4.78 is 5.50. The van der Waals surface area contributed by atoms with Crippen LogP contribution in [0.4, 0.5) is 5.69 Å². The van der Waals surface area contributed by atoms with Crippen molar-refractivity contribution in [3.8, 4) is 5.75 Å². The number of hydrogen-bond donors (Lipinski definition) is 0. The van der Waals surface area contributed by atoms with Gasteiger partial charge in [-0.25, -0.2) is 0 Å². The van der Waals surface area contributed by atoms with Crippen molar-refractivity contribution in [2.75, 3.05) is 17.3 Å². The SMILES string of the molecule is C=CCOc1c(Cl)cc([C@H]2SCC(=O)N2c2ccc(Cl)cc2)cc1Cl. The second-order valence-corrected chi connectivity index (χ2v) is 7.64. The number of rotatable bonds is 5. The monoisotopic (exact) mass is 413 g/mol. The van der Waals surface area contributed by atoms with Crippen LogP contribution in [-0.2, 0) is 4.79 Å². The highest BCUT2D eigenvalue weighted by atomic mass is 35.5. The minimum Gasteiger partial charge on any atom is -0.486 e. The van der Waals surface area contributed by atoms with E-state index in [0.29, 0.717) is 33.2 Å². The molecule has 1 fully saturated rings. The smallest absolute Gasteiger partial charge is 0.238 e. The molecule has 1 heterocycles. The summed E-state index contributed by atoms with van der Waals surface area (Å²) in [6.45, 7) is 3.92. The van der Waals surface area contributed by atoms with E-state index < -0.39 is 0 Å². The molecule has 0 bridgehead atoms. The van der Waals surface area contributed by atoms with Gasteiger partial charge >= 0.3 is 0 Å². The van der Waals surface area contributed by atoms with Crippen LogP contribution in [0, 0.1) is 0 Å². The fourth-order valence-corrected chi connectivity index (χ4v) is 4.45. The number of hydrogen-bond acceptors (Lipinski definition) is 3. The van der Waals surface area contributed by atoms with Crippen molar-refractivity contribution in [3.63, 3.8) is 0 Å². The lowest BCUT2D eigenvalue weighted by Gasteiger charge is -2.25. The molecule has 25 heavy (non-hydrogen) atoms. The molecule has 0 saturated carbocycles. The molecule has 0 spiro atoms. The molecule has 1 atom stereocenters. The number of ether oxygens (including phenoxy) is 1. The van der Waals surface area contributed by atoms with E-state index >= 15 is 0 Å². The Hall–Kier alpha value is -1.33. The number of amides is 1. The summed E-state index contributed by atoms with van der Waals surface area (Å²) in [6.07, 6.45) is 1.62. The van der Waals surface area contributed by atoms with Gasteiger partial charge in [-0.3, -0.25) is 9.69 Å². The molecule has 2 aromatic rings. The van der Waals surface area contributed by atoms with E-state index in [1.165, 1.54) is 11.8 Å². The van der Waals surface area contributed by atoms with Gasteiger partial charge in [0.05, 0.1) is 15.8 Å². The first-order valence-electron chi connectivity index (χ1n) is 7.43. The van der Waals surface area contributed by atoms with Crippen LogP contribution in [0.15, 0.2) is 49.1 Å². The number of nitrogens with zero attached hydrogens (tertiary/aromatic N) is 1. The van der Waals surface area contributed by atoms with Crippen LogP contribution in [0.5, 0.6) is 5.75 Å². The molecule has 130 valence electrons. The van der Waals surface area contributed by atoms with E-state index in [0.717, 1.165) is 11.3 Å². The van der Waals surface area contributed by atoms with Crippen molar-refractivity contribution in [3.05, 3.63) is 69.7 Å². The Morgan fingerprint density at radius 3 is 2.44 bits per heavy atom. The first-order valence-corrected chi connectivity index (χ1v) is 9.61. The zero-order chi connectivity index (χ0) is 18.0. The molecule has 3 rings (SSSR count). The lowest BCUT2D eigenvalue weighted by molar-refractivity contribution is -0.115. The highest BCUT2D eigenvalue weighted by Gasteiger charge is 2.34. The molecule has 0 aromatic heterocycles. The summed E-state index contributed by atoms with van der Waals surface area (Å²) in [6, 6.07) is 10.7. The third-order valence-corrected chi connectivity index (χ3v) is 5.65. The Morgan fingerprint density at radius 2 is 1.84 bits per heavy atom. The minimum absolute atomic E-state index is 0.0246. The Labute approximate surface area is 165 Å². The van der Waals surface area contributed by atoms with Gasteiger partial charge in [-0.1, -0.05) is 47.5 Å². The Bertz CT molecular complexity index is 787. The summed E-state index contributed by atoms with van der Waals surface area (Å²) in [5, 5.41) is 1.22. The lowest BCUT2D eigenvalue weighted by Crippen LogP contribution is -2.27. The Balaban J connectivity index is 1.95. The molecule has 7 heteroatoms.